The third-order valence-corrected chi connectivity index (χ3v) is 4.38. The maximum Gasteiger partial charge on any atom is 0.193 e. The van der Waals surface area contributed by atoms with Gasteiger partial charge in [0.15, 0.2) is 5.43 Å². The normalized spacial score (nSPS) is 10.6. The number of pyridine rings is 1. The number of fused-ring (bicyclic) bond motifs is 1. The summed E-state index contributed by atoms with van der Waals surface area (Å²) in [7, 11) is 1.92. The molecular formula is C21H19ClN2O2. The summed E-state index contributed by atoms with van der Waals surface area (Å²) in [5.74, 6) is 5.46. The van der Waals surface area contributed by atoms with Crippen molar-refractivity contribution in [3.8, 4) is 11.8 Å². The minimum atomic E-state index is -0.204. The Kier molecular flexibility index (Phi) is 5.75. The molecule has 0 saturated heterocycles. The van der Waals surface area contributed by atoms with E-state index in [4.69, 9.17) is 16.7 Å². The molecule has 5 heteroatoms. The topological polar surface area (TPSA) is 54.3 Å². The number of aliphatic hydroxyl groups is 1. The van der Waals surface area contributed by atoms with Crippen LogP contribution in [0.25, 0.3) is 10.9 Å². The van der Waals surface area contributed by atoms with Crippen molar-refractivity contribution >= 4 is 22.5 Å². The molecule has 0 unspecified atom stereocenters. The zero-order valence-electron chi connectivity index (χ0n) is 14.4. The van der Waals surface area contributed by atoms with Gasteiger partial charge in [-0.25, -0.2) is 0 Å². The van der Waals surface area contributed by atoms with Crippen molar-refractivity contribution in [1.82, 2.24) is 9.88 Å². The molecule has 3 aromatic rings. The summed E-state index contributed by atoms with van der Waals surface area (Å²) < 4.78 is 1.94. The highest BCUT2D eigenvalue weighted by atomic mass is 35.5. The molecule has 0 fully saturated rings. The van der Waals surface area contributed by atoms with Gasteiger partial charge in [0, 0.05) is 47.9 Å². The van der Waals surface area contributed by atoms with E-state index in [1.165, 1.54) is 0 Å². The number of benzene rings is 2. The molecule has 2 aromatic carbocycles. The van der Waals surface area contributed by atoms with E-state index >= 15 is 0 Å². The average molecular weight is 367 g/mol. The Bertz CT molecular complexity index is 1040. The van der Waals surface area contributed by atoms with Gasteiger partial charge in [-0.1, -0.05) is 35.6 Å². The minimum Gasteiger partial charge on any atom is -0.384 e. The van der Waals surface area contributed by atoms with E-state index in [1.54, 1.807) is 6.07 Å². The summed E-state index contributed by atoms with van der Waals surface area (Å²) in [5, 5.41) is 13.5. The van der Waals surface area contributed by atoms with Crippen LogP contribution in [0.15, 0.2) is 53.5 Å². The SMILES string of the molecule is Cn1cc(CNCc2ccc(Cl)cc2)c(=O)c2cc(C#CCO)ccc21. The van der Waals surface area contributed by atoms with Crippen molar-refractivity contribution in [2.24, 2.45) is 7.05 Å². The molecule has 0 aliphatic heterocycles. The van der Waals surface area contributed by atoms with Gasteiger partial charge in [0.1, 0.15) is 6.61 Å². The molecule has 26 heavy (non-hydrogen) atoms. The van der Waals surface area contributed by atoms with E-state index in [-0.39, 0.29) is 12.0 Å². The summed E-state index contributed by atoms with van der Waals surface area (Å²) >= 11 is 5.89. The molecule has 1 aromatic heterocycles. The number of aryl methyl sites for hydroxylation is 1. The predicted octanol–water partition coefficient (Wildman–Crippen LogP) is 2.83. The number of hydrogen-bond acceptors (Lipinski definition) is 3. The molecule has 4 nitrogen and oxygen atoms in total. The van der Waals surface area contributed by atoms with Crippen LogP contribution < -0.4 is 10.7 Å². The van der Waals surface area contributed by atoms with Crippen molar-refractivity contribution in [2.45, 2.75) is 13.1 Å². The number of rotatable bonds is 4. The highest BCUT2D eigenvalue weighted by Crippen LogP contribution is 2.13. The first-order valence-corrected chi connectivity index (χ1v) is 8.63. The summed E-state index contributed by atoms with van der Waals surface area (Å²) in [4.78, 5) is 12.8. The largest absolute Gasteiger partial charge is 0.384 e. The molecule has 132 valence electrons. The van der Waals surface area contributed by atoms with Gasteiger partial charge in [-0.2, -0.15) is 0 Å². The van der Waals surface area contributed by atoms with Crippen LogP contribution in [0, 0.1) is 11.8 Å². The lowest BCUT2D eigenvalue weighted by Gasteiger charge is -2.10. The van der Waals surface area contributed by atoms with Gasteiger partial charge in [0.05, 0.1) is 5.52 Å². The number of aromatic nitrogens is 1. The summed E-state index contributed by atoms with van der Waals surface area (Å²) in [6.45, 7) is 0.920. The van der Waals surface area contributed by atoms with Crippen molar-refractivity contribution < 1.29 is 5.11 Å². The lowest BCUT2D eigenvalue weighted by atomic mass is 10.1. The Morgan fingerprint density at radius 2 is 1.92 bits per heavy atom. The van der Waals surface area contributed by atoms with Crippen LogP contribution in [0.5, 0.6) is 0 Å². The molecule has 0 amide bonds. The maximum absolute atomic E-state index is 12.8. The highest BCUT2D eigenvalue weighted by Gasteiger charge is 2.08. The lowest BCUT2D eigenvalue weighted by Crippen LogP contribution is -2.21. The van der Waals surface area contributed by atoms with Gasteiger partial charge < -0.3 is 15.0 Å². The number of nitrogens with zero attached hydrogens (tertiary/aromatic N) is 1. The molecule has 1 heterocycles. The van der Waals surface area contributed by atoms with Crippen LogP contribution >= 0.6 is 11.6 Å². The van der Waals surface area contributed by atoms with Gasteiger partial charge in [-0.05, 0) is 35.9 Å². The first kappa shape index (κ1) is 18.2. The second kappa shape index (κ2) is 8.20. The lowest BCUT2D eigenvalue weighted by molar-refractivity contribution is 0.350. The Morgan fingerprint density at radius 3 is 2.65 bits per heavy atom. The fraction of sp³-hybridized carbons (Fsp3) is 0.190. The quantitative estimate of drug-likeness (QED) is 0.698. The zero-order valence-corrected chi connectivity index (χ0v) is 15.2. The molecule has 0 saturated carbocycles. The fourth-order valence-electron chi connectivity index (χ4n) is 2.85. The van der Waals surface area contributed by atoms with E-state index in [0.717, 1.165) is 16.6 Å². The van der Waals surface area contributed by atoms with Crippen molar-refractivity contribution in [1.29, 1.82) is 0 Å². The van der Waals surface area contributed by atoms with Crippen molar-refractivity contribution in [3.63, 3.8) is 0 Å². The molecule has 0 aliphatic carbocycles. The molecule has 0 bridgehead atoms. The Balaban J connectivity index is 1.84. The van der Waals surface area contributed by atoms with Crippen LogP contribution in [0.1, 0.15) is 16.7 Å². The minimum absolute atomic E-state index is 0.00523. The van der Waals surface area contributed by atoms with Gasteiger partial charge in [0.2, 0.25) is 0 Å². The molecule has 0 spiro atoms. The Hall–Kier alpha value is -2.58. The third kappa shape index (κ3) is 4.14. The second-order valence-corrected chi connectivity index (χ2v) is 6.45. The van der Waals surface area contributed by atoms with Gasteiger partial charge in [0.25, 0.3) is 0 Å². The first-order valence-electron chi connectivity index (χ1n) is 8.25. The summed E-state index contributed by atoms with van der Waals surface area (Å²) in [6.07, 6.45) is 1.86. The van der Waals surface area contributed by atoms with Crippen LogP contribution in [0.4, 0.5) is 0 Å². The van der Waals surface area contributed by atoms with Crippen LogP contribution in [-0.2, 0) is 20.1 Å². The number of aliphatic hydroxyl groups excluding tert-OH is 1. The predicted molar refractivity (Wildman–Crippen MR) is 105 cm³/mol. The average Bonchev–Trinajstić information content (AvgIpc) is 2.65. The Morgan fingerprint density at radius 1 is 1.15 bits per heavy atom. The summed E-state index contributed by atoms with van der Waals surface area (Å²) in [5.41, 5.74) is 3.37. The maximum atomic E-state index is 12.8. The van der Waals surface area contributed by atoms with E-state index in [9.17, 15) is 4.79 Å². The van der Waals surface area contributed by atoms with Gasteiger partial charge in [-0.15, -0.1) is 0 Å². The highest BCUT2D eigenvalue weighted by molar-refractivity contribution is 6.30. The van der Waals surface area contributed by atoms with Crippen molar-refractivity contribution in [2.75, 3.05) is 6.61 Å². The standard InChI is InChI=1S/C21H19ClN2O2/c1-24-14-17(13-23-12-16-4-7-18(22)8-5-16)21(26)19-11-15(3-2-10-25)6-9-20(19)24/h4-9,11,14,23,25H,10,12-13H2,1H3. The van der Waals surface area contributed by atoms with Crippen LogP contribution in [0.2, 0.25) is 5.02 Å². The Labute approximate surface area is 157 Å². The first-order chi connectivity index (χ1) is 12.6. The molecule has 3 rings (SSSR count). The monoisotopic (exact) mass is 366 g/mol. The number of hydrogen-bond donors (Lipinski definition) is 2. The zero-order chi connectivity index (χ0) is 18.5. The van der Waals surface area contributed by atoms with E-state index in [0.29, 0.717) is 29.1 Å². The van der Waals surface area contributed by atoms with Gasteiger partial charge >= 0.3 is 0 Å². The molecule has 0 atom stereocenters. The van der Waals surface area contributed by atoms with Crippen molar-refractivity contribution in [3.05, 3.63) is 80.6 Å². The number of nitrogens with one attached hydrogen (secondary N) is 1. The smallest absolute Gasteiger partial charge is 0.193 e. The molecule has 0 radical (unpaired) electrons. The summed E-state index contributed by atoms with van der Waals surface area (Å²) in [6, 6.07) is 13.1. The number of halogens is 1. The van der Waals surface area contributed by atoms with E-state index < -0.39 is 0 Å². The van der Waals surface area contributed by atoms with Gasteiger partial charge in [-0.3, -0.25) is 4.79 Å². The molecular weight excluding hydrogens is 348 g/mol. The fourth-order valence-corrected chi connectivity index (χ4v) is 2.98. The molecule has 0 aliphatic rings. The third-order valence-electron chi connectivity index (χ3n) is 4.13. The van der Waals surface area contributed by atoms with E-state index in [1.807, 2.05) is 54.2 Å². The second-order valence-electron chi connectivity index (χ2n) is 6.02. The van der Waals surface area contributed by atoms with Crippen LogP contribution in [-0.4, -0.2) is 16.3 Å². The molecule has 2 N–H and O–H groups in total. The van der Waals surface area contributed by atoms with Crippen LogP contribution in [0.3, 0.4) is 0 Å². The van der Waals surface area contributed by atoms with E-state index in [2.05, 4.69) is 17.2 Å².